The molecule has 7 nitrogen and oxygen atoms in total. The van der Waals surface area contributed by atoms with Crippen molar-refractivity contribution in [3.8, 4) is 11.5 Å². The van der Waals surface area contributed by atoms with Crippen molar-refractivity contribution in [3.05, 3.63) is 59.2 Å². The van der Waals surface area contributed by atoms with Crippen LogP contribution in [-0.4, -0.2) is 54.9 Å². The van der Waals surface area contributed by atoms with Gasteiger partial charge in [0, 0.05) is 30.3 Å². The molecule has 0 aliphatic carbocycles. The molecule has 7 heteroatoms. The molecule has 0 atom stereocenters. The van der Waals surface area contributed by atoms with Gasteiger partial charge in [-0.05, 0) is 43.0 Å². The maximum Gasteiger partial charge on any atom is 0.220 e. The summed E-state index contributed by atoms with van der Waals surface area (Å²) in [5, 5.41) is 21.1. The maximum absolute atomic E-state index is 12.3. The molecule has 2 aromatic rings. The van der Waals surface area contributed by atoms with Gasteiger partial charge in [0.15, 0.2) is 5.78 Å². The lowest BCUT2D eigenvalue weighted by molar-refractivity contribution is -0.121. The van der Waals surface area contributed by atoms with Crippen LogP contribution in [0.3, 0.4) is 0 Å². The monoisotopic (exact) mass is 412 g/mol. The zero-order chi connectivity index (χ0) is 21.8. The van der Waals surface area contributed by atoms with E-state index in [9.17, 15) is 14.7 Å². The van der Waals surface area contributed by atoms with Crippen LogP contribution in [0.2, 0.25) is 0 Å². The van der Waals surface area contributed by atoms with Crippen LogP contribution in [0.5, 0.6) is 11.5 Å². The van der Waals surface area contributed by atoms with Gasteiger partial charge in [0.05, 0.1) is 13.7 Å². The number of nitrogens with one attached hydrogen (secondary N) is 1. The van der Waals surface area contributed by atoms with E-state index in [1.807, 2.05) is 12.1 Å². The number of hydrogen-bond donors (Lipinski definition) is 3. The van der Waals surface area contributed by atoms with Gasteiger partial charge in [-0.1, -0.05) is 24.3 Å². The summed E-state index contributed by atoms with van der Waals surface area (Å²) < 4.78 is 5.11. The van der Waals surface area contributed by atoms with Crippen molar-refractivity contribution in [1.29, 1.82) is 0 Å². The standard InChI is InChI=1S/C23H28N2O5/c1-30-20-10-11-21(27)19(14-20)15-24-16-22(28)18-8-6-17(7-9-18)4-2-3-5-23(29)25-12-13-26/h6-11,14-15,26-27H,2-5,12-13,16H2,1H3,(H,25,29). The normalized spacial score (nSPS) is 10.9. The smallest absolute Gasteiger partial charge is 0.220 e. The number of benzene rings is 2. The molecule has 2 rings (SSSR count). The van der Waals surface area contributed by atoms with Gasteiger partial charge in [0.2, 0.25) is 5.91 Å². The number of rotatable bonds is 12. The third-order valence-electron chi connectivity index (χ3n) is 4.53. The number of carbonyl (C=O) groups excluding carboxylic acids is 2. The molecule has 1 amide bonds. The highest BCUT2D eigenvalue weighted by Crippen LogP contribution is 2.21. The SMILES string of the molecule is COc1ccc(O)c(C=NCC(=O)c2ccc(CCCCC(=O)NCCO)cc2)c1. The molecule has 0 saturated carbocycles. The summed E-state index contributed by atoms with van der Waals surface area (Å²) in [4.78, 5) is 27.9. The minimum absolute atomic E-state index is 0.0149. The lowest BCUT2D eigenvalue weighted by atomic mass is 10.0. The first-order valence-corrected chi connectivity index (χ1v) is 9.90. The summed E-state index contributed by atoms with van der Waals surface area (Å²) in [5.74, 6) is 0.512. The van der Waals surface area contributed by atoms with E-state index in [2.05, 4.69) is 10.3 Å². The van der Waals surface area contributed by atoms with Crippen LogP contribution in [0.15, 0.2) is 47.5 Å². The first-order valence-electron chi connectivity index (χ1n) is 9.90. The zero-order valence-corrected chi connectivity index (χ0v) is 17.1. The van der Waals surface area contributed by atoms with Crippen molar-refractivity contribution in [2.45, 2.75) is 25.7 Å². The molecule has 0 bridgehead atoms. The van der Waals surface area contributed by atoms with Crippen LogP contribution in [0, 0.1) is 0 Å². The highest BCUT2D eigenvalue weighted by atomic mass is 16.5. The van der Waals surface area contributed by atoms with Crippen molar-refractivity contribution in [2.75, 3.05) is 26.8 Å². The van der Waals surface area contributed by atoms with Gasteiger partial charge in [-0.15, -0.1) is 0 Å². The van der Waals surface area contributed by atoms with Crippen molar-refractivity contribution in [2.24, 2.45) is 4.99 Å². The van der Waals surface area contributed by atoms with Gasteiger partial charge in [0.25, 0.3) is 0 Å². The second-order valence-corrected chi connectivity index (χ2v) is 6.80. The Morgan fingerprint density at radius 3 is 2.60 bits per heavy atom. The topological polar surface area (TPSA) is 108 Å². The van der Waals surface area contributed by atoms with E-state index in [1.165, 1.54) is 19.4 Å². The quantitative estimate of drug-likeness (QED) is 0.282. The molecule has 0 aliphatic heterocycles. The molecule has 0 unspecified atom stereocenters. The Labute approximate surface area is 176 Å². The van der Waals surface area contributed by atoms with Crippen LogP contribution in [0.1, 0.15) is 40.7 Å². The Morgan fingerprint density at radius 2 is 1.90 bits per heavy atom. The van der Waals surface area contributed by atoms with Crippen LogP contribution >= 0.6 is 0 Å². The van der Waals surface area contributed by atoms with E-state index >= 15 is 0 Å². The van der Waals surface area contributed by atoms with Crippen molar-refractivity contribution >= 4 is 17.9 Å². The van der Waals surface area contributed by atoms with Crippen LogP contribution in [-0.2, 0) is 11.2 Å². The predicted molar refractivity (Wildman–Crippen MR) is 116 cm³/mol. The third-order valence-corrected chi connectivity index (χ3v) is 4.53. The lowest BCUT2D eigenvalue weighted by Crippen LogP contribution is -2.25. The second kappa shape index (κ2) is 12.4. The Morgan fingerprint density at radius 1 is 1.13 bits per heavy atom. The van der Waals surface area contributed by atoms with Crippen molar-refractivity contribution in [1.82, 2.24) is 5.32 Å². The Kier molecular flexibility index (Phi) is 9.54. The molecule has 0 fully saturated rings. The number of ketones is 1. The maximum atomic E-state index is 12.3. The zero-order valence-electron chi connectivity index (χ0n) is 17.1. The van der Waals surface area contributed by atoms with Crippen molar-refractivity contribution in [3.63, 3.8) is 0 Å². The number of methoxy groups -OCH3 is 1. The number of ether oxygens (including phenoxy) is 1. The van der Waals surface area contributed by atoms with E-state index in [1.54, 1.807) is 24.3 Å². The largest absolute Gasteiger partial charge is 0.507 e. The fourth-order valence-corrected chi connectivity index (χ4v) is 2.84. The summed E-state index contributed by atoms with van der Waals surface area (Å²) in [5.41, 5.74) is 2.17. The van der Waals surface area contributed by atoms with Gasteiger partial charge in [-0.2, -0.15) is 0 Å². The fraction of sp³-hybridized carbons (Fsp3) is 0.348. The number of aliphatic hydroxyl groups is 1. The van der Waals surface area contributed by atoms with E-state index < -0.39 is 0 Å². The molecular formula is C23H28N2O5. The number of phenols is 1. The average molecular weight is 412 g/mol. The summed E-state index contributed by atoms with van der Waals surface area (Å²) in [7, 11) is 1.54. The number of aliphatic hydroxyl groups excluding tert-OH is 1. The van der Waals surface area contributed by atoms with E-state index in [0.29, 0.717) is 29.8 Å². The number of carbonyl (C=O) groups is 2. The van der Waals surface area contributed by atoms with Crippen molar-refractivity contribution < 1.29 is 24.5 Å². The highest BCUT2D eigenvalue weighted by Gasteiger charge is 2.06. The Bertz CT molecular complexity index is 862. The second-order valence-electron chi connectivity index (χ2n) is 6.80. The van der Waals surface area contributed by atoms with Gasteiger partial charge in [-0.25, -0.2) is 0 Å². The summed E-state index contributed by atoms with van der Waals surface area (Å²) in [6, 6.07) is 12.2. The number of amides is 1. The van der Waals surface area contributed by atoms with E-state index in [-0.39, 0.29) is 30.6 Å². The predicted octanol–water partition coefficient (Wildman–Crippen LogP) is 2.52. The minimum Gasteiger partial charge on any atom is -0.507 e. The summed E-state index contributed by atoms with van der Waals surface area (Å²) in [6.45, 7) is 0.226. The van der Waals surface area contributed by atoms with Crippen LogP contribution < -0.4 is 10.1 Å². The molecule has 2 aromatic carbocycles. The first-order chi connectivity index (χ1) is 14.5. The number of Topliss-reactive ketones (excluding diaryl/α,β-unsaturated/α-hetero) is 1. The first kappa shape index (κ1) is 23.1. The number of hydrogen-bond acceptors (Lipinski definition) is 6. The molecular weight excluding hydrogens is 384 g/mol. The Hall–Kier alpha value is -3.19. The van der Waals surface area contributed by atoms with Gasteiger partial charge in [-0.3, -0.25) is 14.6 Å². The third kappa shape index (κ3) is 7.67. The lowest BCUT2D eigenvalue weighted by Gasteiger charge is -2.05. The van der Waals surface area contributed by atoms with Crippen LogP contribution in [0.4, 0.5) is 0 Å². The van der Waals surface area contributed by atoms with Gasteiger partial charge >= 0.3 is 0 Å². The summed E-state index contributed by atoms with van der Waals surface area (Å²) in [6.07, 6.45) is 4.37. The molecule has 3 N–H and O–H groups in total. The van der Waals surface area contributed by atoms with Gasteiger partial charge in [0.1, 0.15) is 18.0 Å². The number of phenolic OH excluding ortho intramolecular Hbond substituents is 1. The van der Waals surface area contributed by atoms with E-state index in [4.69, 9.17) is 9.84 Å². The minimum atomic E-state index is -0.110. The number of aryl methyl sites for hydroxylation is 1. The molecule has 0 aliphatic rings. The molecule has 160 valence electrons. The van der Waals surface area contributed by atoms with E-state index in [0.717, 1.165) is 24.8 Å². The highest BCUT2D eigenvalue weighted by molar-refractivity contribution is 5.99. The molecule has 0 saturated heterocycles. The molecule has 30 heavy (non-hydrogen) atoms. The molecule has 0 heterocycles. The fourth-order valence-electron chi connectivity index (χ4n) is 2.84. The number of aromatic hydroxyl groups is 1. The number of nitrogens with zero attached hydrogens (tertiary/aromatic N) is 1. The summed E-state index contributed by atoms with van der Waals surface area (Å²) >= 11 is 0. The van der Waals surface area contributed by atoms with Crippen LogP contribution in [0.25, 0.3) is 0 Å². The molecule has 0 spiro atoms. The number of aliphatic imine (C=N–C) groups is 1. The van der Waals surface area contributed by atoms with Gasteiger partial charge < -0.3 is 20.3 Å². The molecule has 0 aromatic heterocycles. The number of unbranched alkanes of at least 4 members (excludes halogenated alkanes) is 1. The average Bonchev–Trinajstić information content (AvgIpc) is 2.76. The Balaban J connectivity index is 1.79. The molecule has 0 radical (unpaired) electrons.